The number of fused-ring (bicyclic) bond motifs is 3. The zero-order chi connectivity index (χ0) is 20.2. The number of nitro groups is 1. The van der Waals surface area contributed by atoms with E-state index in [9.17, 15) is 22.9 Å². The maximum Gasteiger partial charge on any atom is 0.306 e. The largest absolute Gasteiger partial charge is 0.306 e. The molecule has 0 N–H and O–H groups in total. The first-order chi connectivity index (χ1) is 13.2. The van der Waals surface area contributed by atoms with Crippen LogP contribution in [0.4, 0.5) is 15.8 Å². The van der Waals surface area contributed by atoms with E-state index in [1.54, 1.807) is 6.07 Å². The van der Waals surface area contributed by atoms with Crippen LogP contribution >= 0.6 is 0 Å². The minimum atomic E-state index is -4.08. The molecule has 148 valence electrons. The van der Waals surface area contributed by atoms with Crippen molar-refractivity contribution < 1.29 is 17.7 Å². The first kappa shape index (κ1) is 18.8. The summed E-state index contributed by atoms with van der Waals surface area (Å²) in [6.45, 7) is 3.45. The average Bonchev–Trinajstić information content (AvgIpc) is 2.95. The molecule has 4 rings (SSSR count). The number of anilines is 1. The summed E-state index contributed by atoms with van der Waals surface area (Å²) in [6.07, 6.45) is 0.650. The lowest BCUT2D eigenvalue weighted by Crippen LogP contribution is -2.47. The van der Waals surface area contributed by atoms with Gasteiger partial charge < -0.3 is 4.90 Å². The molecule has 2 heterocycles. The number of sulfonamides is 1. The minimum absolute atomic E-state index is 0.0267. The van der Waals surface area contributed by atoms with Crippen molar-refractivity contribution in [2.24, 2.45) is 0 Å². The number of hydrogen-bond acceptors (Lipinski definition) is 5. The lowest BCUT2D eigenvalue weighted by molar-refractivity contribution is -0.387. The molecule has 9 heteroatoms. The molecular formula is C19H20FN3O4S. The van der Waals surface area contributed by atoms with Crippen LogP contribution in [0.15, 0.2) is 41.3 Å². The summed E-state index contributed by atoms with van der Waals surface area (Å²) in [5.74, 6) is -1.03. The second-order valence-electron chi connectivity index (χ2n) is 7.46. The normalized spacial score (nSPS) is 22.0. The van der Waals surface area contributed by atoms with Crippen molar-refractivity contribution in [3.05, 3.63) is 63.5 Å². The fourth-order valence-electron chi connectivity index (χ4n) is 4.25. The highest BCUT2D eigenvalue weighted by Crippen LogP contribution is 2.47. The molecule has 2 aromatic carbocycles. The average molecular weight is 405 g/mol. The third-order valence-electron chi connectivity index (χ3n) is 5.57. The number of halogens is 1. The monoisotopic (exact) mass is 405 g/mol. The molecule has 0 bridgehead atoms. The SMILES string of the molecule is Cc1ccc2c(c1)[C@@H]1CN(C)CC[C@@H]1N2S(=O)(=O)c1ccc(F)c([N+](=O)[O-])c1. The van der Waals surface area contributed by atoms with Crippen LogP contribution in [0.2, 0.25) is 0 Å². The molecule has 0 radical (unpaired) electrons. The van der Waals surface area contributed by atoms with E-state index in [1.807, 2.05) is 26.1 Å². The zero-order valence-corrected chi connectivity index (χ0v) is 16.3. The number of piperidine rings is 1. The Morgan fingerprint density at radius 3 is 2.68 bits per heavy atom. The minimum Gasteiger partial charge on any atom is -0.306 e. The Balaban J connectivity index is 1.86. The predicted octanol–water partition coefficient (Wildman–Crippen LogP) is 3.04. The Morgan fingerprint density at radius 1 is 1.21 bits per heavy atom. The van der Waals surface area contributed by atoms with E-state index in [0.29, 0.717) is 12.1 Å². The van der Waals surface area contributed by atoms with E-state index in [2.05, 4.69) is 4.90 Å². The molecule has 28 heavy (non-hydrogen) atoms. The van der Waals surface area contributed by atoms with Crippen LogP contribution in [0.3, 0.4) is 0 Å². The molecule has 7 nitrogen and oxygen atoms in total. The maximum absolute atomic E-state index is 13.7. The van der Waals surface area contributed by atoms with Crippen LogP contribution in [0.5, 0.6) is 0 Å². The first-order valence-electron chi connectivity index (χ1n) is 8.97. The zero-order valence-electron chi connectivity index (χ0n) is 15.5. The van der Waals surface area contributed by atoms with Crippen molar-refractivity contribution in [3.8, 4) is 0 Å². The molecule has 0 unspecified atom stereocenters. The van der Waals surface area contributed by atoms with Crippen LogP contribution in [0.25, 0.3) is 0 Å². The number of benzene rings is 2. The summed E-state index contributed by atoms with van der Waals surface area (Å²) in [7, 11) is -2.08. The number of rotatable bonds is 3. The molecule has 0 amide bonds. The Labute approximate surface area is 162 Å². The first-order valence-corrected chi connectivity index (χ1v) is 10.4. The van der Waals surface area contributed by atoms with Gasteiger partial charge in [-0.3, -0.25) is 14.4 Å². The van der Waals surface area contributed by atoms with Crippen LogP contribution < -0.4 is 4.31 Å². The molecule has 0 aliphatic carbocycles. The van der Waals surface area contributed by atoms with E-state index in [-0.39, 0.29) is 16.9 Å². The topological polar surface area (TPSA) is 83.8 Å². The molecule has 2 aliphatic rings. The highest BCUT2D eigenvalue weighted by Gasteiger charge is 2.47. The van der Waals surface area contributed by atoms with Crippen molar-refractivity contribution in [1.29, 1.82) is 0 Å². The van der Waals surface area contributed by atoms with Crippen molar-refractivity contribution in [2.75, 3.05) is 24.4 Å². The lowest BCUT2D eigenvalue weighted by Gasteiger charge is -2.36. The van der Waals surface area contributed by atoms with Crippen molar-refractivity contribution >= 4 is 21.4 Å². The Morgan fingerprint density at radius 2 is 1.96 bits per heavy atom. The molecule has 2 aliphatic heterocycles. The molecule has 0 spiro atoms. The summed E-state index contributed by atoms with van der Waals surface area (Å²) in [6, 6.07) is 8.13. The van der Waals surface area contributed by atoms with Gasteiger partial charge in [-0.2, -0.15) is 4.39 Å². The van der Waals surface area contributed by atoms with Gasteiger partial charge in [0.25, 0.3) is 10.0 Å². The standard InChI is InChI=1S/C19H20FN3O4S/c1-12-3-6-17-14(9-12)15-11-21(2)8-7-18(15)22(17)28(26,27)13-4-5-16(20)19(10-13)23(24)25/h3-6,9-10,15,18H,7-8,11H2,1-2H3/t15-,18-/m0/s1. The second-order valence-corrected chi connectivity index (χ2v) is 9.27. The third kappa shape index (κ3) is 2.85. The number of aryl methyl sites for hydroxylation is 1. The lowest BCUT2D eigenvalue weighted by atomic mass is 9.89. The quantitative estimate of drug-likeness (QED) is 0.579. The molecule has 1 saturated heterocycles. The van der Waals surface area contributed by atoms with Gasteiger partial charge in [0, 0.05) is 18.5 Å². The Bertz CT molecular complexity index is 1070. The fourth-order valence-corrected chi connectivity index (χ4v) is 6.02. The van der Waals surface area contributed by atoms with Gasteiger partial charge in [-0.1, -0.05) is 17.7 Å². The number of likely N-dealkylation sites (tertiary alicyclic amines) is 1. The summed E-state index contributed by atoms with van der Waals surface area (Å²) in [5, 5.41) is 11.1. The van der Waals surface area contributed by atoms with Gasteiger partial charge in [0.05, 0.1) is 21.5 Å². The Hall–Kier alpha value is -2.52. The van der Waals surface area contributed by atoms with Crippen LogP contribution in [-0.4, -0.2) is 44.4 Å². The van der Waals surface area contributed by atoms with Crippen molar-refractivity contribution in [3.63, 3.8) is 0 Å². The molecule has 2 atom stereocenters. The highest BCUT2D eigenvalue weighted by molar-refractivity contribution is 7.92. The van der Waals surface area contributed by atoms with Gasteiger partial charge in [-0.25, -0.2) is 8.42 Å². The van der Waals surface area contributed by atoms with Crippen LogP contribution in [0, 0.1) is 22.9 Å². The van der Waals surface area contributed by atoms with Gasteiger partial charge in [-0.05, 0) is 50.7 Å². The number of likely N-dealkylation sites (N-methyl/N-ethyl adjacent to an activating group) is 1. The van der Waals surface area contributed by atoms with Gasteiger partial charge in [0.2, 0.25) is 5.82 Å². The molecule has 1 fully saturated rings. The molecule has 2 aromatic rings. The highest BCUT2D eigenvalue weighted by atomic mass is 32.2. The number of nitro benzene ring substituents is 1. The van der Waals surface area contributed by atoms with Crippen molar-refractivity contribution in [2.45, 2.75) is 30.2 Å². The van der Waals surface area contributed by atoms with E-state index < -0.39 is 26.5 Å². The molecule has 0 saturated carbocycles. The third-order valence-corrected chi connectivity index (χ3v) is 7.41. The number of nitrogens with zero attached hydrogens (tertiary/aromatic N) is 3. The van der Waals surface area contributed by atoms with E-state index in [1.165, 1.54) is 4.31 Å². The smallest absolute Gasteiger partial charge is 0.306 e. The summed E-state index contributed by atoms with van der Waals surface area (Å²) < 4.78 is 42.1. The summed E-state index contributed by atoms with van der Waals surface area (Å²) in [5.41, 5.74) is 1.77. The van der Waals surface area contributed by atoms with Crippen LogP contribution in [0.1, 0.15) is 23.5 Å². The van der Waals surface area contributed by atoms with Crippen LogP contribution in [-0.2, 0) is 10.0 Å². The predicted molar refractivity (Wildman–Crippen MR) is 103 cm³/mol. The van der Waals surface area contributed by atoms with Gasteiger partial charge >= 0.3 is 5.69 Å². The summed E-state index contributed by atoms with van der Waals surface area (Å²) in [4.78, 5) is 12.1. The van der Waals surface area contributed by atoms with E-state index in [0.717, 1.165) is 42.4 Å². The maximum atomic E-state index is 13.7. The Kier molecular flexibility index (Phi) is 4.39. The van der Waals surface area contributed by atoms with Gasteiger partial charge in [0.1, 0.15) is 0 Å². The molecular weight excluding hydrogens is 385 g/mol. The van der Waals surface area contributed by atoms with E-state index >= 15 is 0 Å². The van der Waals surface area contributed by atoms with E-state index in [4.69, 9.17) is 0 Å². The summed E-state index contributed by atoms with van der Waals surface area (Å²) >= 11 is 0. The fraction of sp³-hybridized carbons (Fsp3) is 0.368. The van der Waals surface area contributed by atoms with Crippen molar-refractivity contribution in [1.82, 2.24) is 4.90 Å². The van der Waals surface area contributed by atoms with Gasteiger partial charge in [0.15, 0.2) is 0 Å². The number of hydrogen-bond donors (Lipinski definition) is 0. The van der Waals surface area contributed by atoms with Gasteiger partial charge in [-0.15, -0.1) is 0 Å². The molecule has 0 aromatic heterocycles. The second kappa shape index (κ2) is 6.52.